The zero-order valence-electron chi connectivity index (χ0n) is 22.0. The van der Waals surface area contributed by atoms with Crippen molar-refractivity contribution in [2.24, 2.45) is 0 Å². The lowest BCUT2D eigenvalue weighted by Crippen LogP contribution is -2.49. The number of aromatic nitrogens is 4. The van der Waals surface area contributed by atoms with Gasteiger partial charge in [0, 0.05) is 62.9 Å². The predicted octanol–water partition coefficient (Wildman–Crippen LogP) is 4.97. The summed E-state index contributed by atoms with van der Waals surface area (Å²) in [5.41, 5.74) is 6.97. The molecule has 1 aromatic carbocycles. The van der Waals surface area contributed by atoms with Crippen LogP contribution >= 0.6 is 0 Å². The number of benzene rings is 1. The van der Waals surface area contributed by atoms with Crippen LogP contribution in [-0.4, -0.2) is 67.6 Å². The first-order chi connectivity index (χ1) is 17.7. The van der Waals surface area contributed by atoms with Gasteiger partial charge in [-0.3, -0.25) is 14.9 Å². The molecule has 5 rings (SSSR count). The molecule has 1 saturated heterocycles. The van der Waals surface area contributed by atoms with Crippen molar-refractivity contribution < 1.29 is 9.53 Å². The van der Waals surface area contributed by atoms with Crippen molar-refractivity contribution >= 4 is 17.1 Å². The first-order valence-corrected chi connectivity index (χ1v) is 12.8. The molecule has 8 heteroatoms. The van der Waals surface area contributed by atoms with Crippen LogP contribution in [0.1, 0.15) is 43.5 Å². The molecule has 192 valence electrons. The minimum atomic E-state index is -0.470. The maximum Gasteiger partial charge on any atom is 0.410 e. The second-order valence-corrected chi connectivity index (χ2v) is 10.7. The number of hydrogen-bond donors (Lipinski definition) is 1. The monoisotopic (exact) mass is 498 g/mol. The summed E-state index contributed by atoms with van der Waals surface area (Å²) in [6.45, 7) is 11.5. The summed E-state index contributed by atoms with van der Waals surface area (Å²) in [5, 5.41) is 0. The number of nitrogens with zero attached hydrogens (tertiary/aromatic N) is 5. The van der Waals surface area contributed by atoms with Crippen LogP contribution in [-0.2, 0) is 17.7 Å². The number of aryl methyl sites for hydroxylation is 1. The number of nitrogens with one attached hydrogen (secondary N) is 1. The summed E-state index contributed by atoms with van der Waals surface area (Å²) in [4.78, 5) is 33.6. The maximum absolute atomic E-state index is 12.3. The highest BCUT2D eigenvalue weighted by molar-refractivity contribution is 5.82. The van der Waals surface area contributed by atoms with E-state index in [9.17, 15) is 4.79 Å². The van der Waals surface area contributed by atoms with Crippen LogP contribution in [0.5, 0.6) is 0 Å². The second kappa shape index (κ2) is 10.3. The molecule has 0 aliphatic carbocycles. The molecule has 0 saturated carbocycles. The van der Waals surface area contributed by atoms with E-state index in [1.807, 2.05) is 46.2 Å². The molecule has 1 amide bonds. The number of ether oxygens (including phenoxy) is 1. The molecule has 8 nitrogen and oxygen atoms in total. The second-order valence-electron chi connectivity index (χ2n) is 10.7. The molecular formula is C29H34N6O2. The molecule has 4 aromatic rings. The molecule has 0 spiro atoms. The third-order valence-electron chi connectivity index (χ3n) is 6.42. The van der Waals surface area contributed by atoms with Crippen molar-refractivity contribution in [3.05, 3.63) is 77.6 Å². The topological polar surface area (TPSA) is 87.2 Å². The fraction of sp³-hybridized carbons (Fsp3) is 0.379. The number of imidazole rings is 1. The van der Waals surface area contributed by atoms with E-state index < -0.39 is 5.60 Å². The number of amides is 1. The van der Waals surface area contributed by atoms with Crippen molar-refractivity contribution in [3.8, 4) is 11.1 Å². The van der Waals surface area contributed by atoms with Crippen LogP contribution < -0.4 is 0 Å². The number of aromatic amines is 1. The van der Waals surface area contributed by atoms with Crippen LogP contribution in [0.4, 0.5) is 4.79 Å². The van der Waals surface area contributed by atoms with Crippen molar-refractivity contribution in [2.75, 3.05) is 26.2 Å². The lowest BCUT2D eigenvalue weighted by molar-refractivity contribution is 0.0139. The van der Waals surface area contributed by atoms with E-state index in [4.69, 9.17) is 9.72 Å². The number of carbonyl (C=O) groups is 1. The van der Waals surface area contributed by atoms with E-state index in [1.165, 1.54) is 5.56 Å². The highest BCUT2D eigenvalue weighted by Gasteiger charge is 2.25. The molecule has 3 aromatic heterocycles. The number of carbonyl (C=O) groups excluding carboxylic acids is 1. The minimum absolute atomic E-state index is 0.229. The van der Waals surface area contributed by atoms with Crippen molar-refractivity contribution in [1.29, 1.82) is 0 Å². The molecule has 0 radical (unpaired) electrons. The van der Waals surface area contributed by atoms with Crippen LogP contribution in [0, 0.1) is 6.92 Å². The number of H-pyrrole nitrogens is 1. The zero-order chi connectivity index (χ0) is 26.0. The van der Waals surface area contributed by atoms with E-state index in [0.717, 1.165) is 59.0 Å². The number of fused-ring (bicyclic) bond motifs is 1. The largest absolute Gasteiger partial charge is 0.444 e. The van der Waals surface area contributed by atoms with Crippen molar-refractivity contribution in [1.82, 2.24) is 29.7 Å². The van der Waals surface area contributed by atoms with Crippen LogP contribution in [0.15, 0.2) is 54.9 Å². The summed E-state index contributed by atoms with van der Waals surface area (Å²) < 4.78 is 5.51. The average molecular weight is 499 g/mol. The van der Waals surface area contributed by atoms with Crippen LogP contribution in [0.3, 0.4) is 0 Å². The Kier molecular flexibility index (Phi) is 6.93. The molecule has 4 heterocycles. The minimum Gasteiger partial charge on any atom is -0.444 e. The van der Waals surface area contributed by atoms with Gasteiger partial charge in [0.05, 0.1) is 11.0 Å². The Hall–Kier alpha value is -3.78. The van der Waals surface area contributed by atoms with Gasteiger partial charge >= 0.3 is 6.09 Å². The summed E-state index contributed by atoms with van der Waals surface area (Å²) in [6, 6.07) is 14.6. The Morgan fingerprint density at radius 2 is 1.73 bits per heavy atom. The fourth-order valence-corrected chi connectivity index (χ4v) is 4.62. The number of rotatable bonds is 5. The van der Waals surface area contributed by atoms with Crippen molar-refractivity contribution in [2.45, 2.75) is 46.3 Å². The van der Waals surface area contributed by atoms with Crippen molar-refractivity contribution in [3.63, 3.8) is 0 Å². The summed E-state index contributed by atoms with van der Waals surface area (Å²) >= 11 is 0. The van der Waals surface area contributed by atoms with Gasteiger partial charge in [0.15, 0.2) is 0 Å². The molecule has 0 bridgehead atoms. The smallest absolute Gasteiger partial charge is 0.410 e. The molecule has 1 aliphatic rings. The Morgan fingerprint density at radius 3 is 2.49 bits per heavy atom. The Bertz CT molecular complexity index is 1400. The molecule has 1 N–H and O–H groups in total. The first-order valence-electron chi connectivity index (χ1n) is 12.8. The average Bonchev–Trinajstić information content (AvgIpc) is 3.25. The normalized spacial score (nSPS) is 14.8. The van der Waals surface area contributed by atoms with Gasteiger partial charge in [0.25, 0.3) is 0 Å². The van der Waals surface area contributed by atoms with Gasteiger partial charge in [-0.15, -0.1) is 0 Å². The first kappa shape index (κ1) is 24.9. The lowest BCUT2D eigenvalue weighted by atomic mass is 10.1. The van der Waals surface area contributed by atoms with Gasteiger partial charge in [-0.2, -0.15) is 0 Å². The van der Waals surface area contributed by atoms with E-state index in [-0.39, 0.29) is 6.09 Å². The predicted molar refractivity (Wildman–Crippen MR) is 144 cm³/mol. The van der Waals surface area contributed by atoms with Crippen LogP contribution in [0.2, 0.25) is 0 Å². The van der Waals surface area contributed by atoms with E-state index in [2.05, 4.69) is 56.3 Å². The molecule has 1 fully saturated rings. The van der Waals surface area contributed by atoms with Gasteiger partial charge in [0.1, 0.15) is 11.4 Å². The quantitative estimate of drug-likeness (QED) is 0.418. The van der Waals surface area contributed by atoms with Gasteiger partial charge in [0.2, 0.25) is 0 Å². The summed E-state index contributed by atoms with van der Waals surface area (Å²) in [6.07, 6.45) is 4.12. The van der Waals surface area contributed by atoms with Crippen LogP contribution in [0.25, 0.3) is 22.2 Å². The molecular weight excluding hydrogens is 464 g/mol. The highest BCUT2D eigenvalue weighted by Crippen LogP contribution is 2.24. The SMILES string of the molecule is Cc1cc(-c2ccc3nc(Cc4cc(CN5CCN(C(=O)OC(C)(C)C)CC5)ccn4)[nH]c3c2)ccn1. The van der Waals surface area contributed by atoms with Gasteiger partial charge in [-0.25, -0.2) is 9.78 Å². The third-order valence-corrected chi connectivity index (χ3v) is 6.42. The maximum atomic E-state index is 12.3. The molecule has 0 unspecified atom stereocenters. The fourth-order valence-electron chi connectivity index (χ4n) is 4.62. The Balaban J connectivity index is 1.21. The number of hydrogen-bond acceptors (Lipinski definition) is 6. The lowest BCUT2D eigenvalue weighted by Gasteiger charge is -2.35. The van der Waals surface area contributed by atoms with E-state index in [1.54, 1.807) is 4.90 Å². The molecule has 1 aliphatic heterocycles. The van der Waals surface area contributed by atoms with Gasteiger partial charge in [-0.05, 0) is 80.8 Å². The zero-order valence-corrected chi connectivity index (χ0v) is 22.0. The summed E-state index contributed by atoms with van der Waals surface area (Å²) in [5.74, 6) is 0.897. The third kappa shape index (κ3) is 6.32. The summed E-state index contributed by atoms with van der Waals surface area (Å²) in [7, 11) is 0. The number of pyridine rings is 2. The van der Waals surface area contributed by atoms with Gasteiger partial charge < -0.3 is 14.6 Å². The van der Waals surface area contributed by atoms with E-state index >= 15 is 0 Å². The van der Waals surface area contributed by atoms with Gasteiger partial charge in [-0.1, -0.05) is 6.07 Å². The van der Waals surface area contributed by atoms with E-state index in [0.29, 0.717) is 19.5 Å². The number of piperazine rings is 1. The Morgan fingerprint density at radius 1 is 0.973 bits per heavy atom. The molecule has 0 atom stereocenters. The highest BCUT2D eigenvalue weighted by atomic mass is 16.6. The molecule has 37 heavy (non-hydrogen) atoms. The standard InChI is InChI=1S/C29H34N6O2/c1-20-15-23(8-10-30-20)22-5-6-25-26(17-22)33-27(32-25)18-24-16-21(7-9-31-24)19-34-11-13-35(14-12-34)28(36)37-29(2,3)4/h5-10,15-17H,11-14,18-19H2,1-4H3,(H,32,33). The Labute approximate surface area is 217 Å².